The van der Waals surface area contributed by atoms with Gasteiger partial charge in [-0.25, -0.2) is 0 Å². The highest BCUT2D eigenvalue weighted by molar-refractivity contribution is 8.04. The Morgan fingerprint density at radius 1 is 1.10 bits per heavy atom. The molecule has 0 saturated carbocycles. The molecule has 3 nitrogen and oxygen atoms in total. The second kappa shape index (κ2) is 7.25. The number of allylic oxidation sites excluding steroid dienone is 2. The van der Waals surface area contributed by atoms with Crippen LogP contribution in [0.3, 0.4) is 0 Å². The van der Waals surface area contributed by atoms with Gasteiger partial charge in [-0.15, -0.1) is 0 Å². The average molecular weight is 304 g/mol. The highest BCUT2D eigenvalue weighted by Gasteiger charge is 2.27. The number of benzene rings is 1. The van der Waals surface area contributed by atoms with Gasteiger partial charge in [-0.05, 0) is 37.8 Å². The maximum Gasteiger partial charge on any atom is 0.172 e. The number of carbonyl (C=O) groups is 1. The average Bonchev–Trinajstić information content (AvgIpc) is 3.03. The largest absolute Gasteiger partial charge is 0.350 e. The lowest BCUT2D eigenvalue weighted by molar-refractivity contribution is -0.120. The van der Waals surface area contributed by atoms with Crippen LogP contribution in [0.1, 0.15) is 25.7 Å². The van der Waals surface area contributed by atoms with E-state index in [1.165, 1.54) is 0 Å². The second-order valence-corrected chi connectivity index (χ2v) is 6.49. The smallest absolute Gasteiger partial charge is 0.172 e. The van der Waals surface area contributed by atoms with Crippen LogP contribution in [0.25, 0.3) is 0 Å². The monoisotopic (exact) mass is 304 g/mol. The van der Waals surface area contributed by atoms with Gasteiger partial charge in [-0.2, -0.15) is 0 Å². The molecule has 4 heteroatoms. The van der Waals surface area contributed by atoms with E-state index in [9.17, 15) is 4.79 Å². The van der Waals surface area contributed by atoms with Crippen LogP contribution in [-0.2, 0) is 14.3 Å². The highest BCUT2D eigenvalue weighted by Crippen LogP contribution is 2.35. The lowest BCUT2D eigenvalue weighted by Gasteiger charge is -2.22. The Labute approximate surface area is 129 Å². The number of ketones is 1. The maximum atomic E-state index is 12.6. The van der Waals surface area contributed by atoms with Crippen LogP contribution < -0.4 is 0 Å². The zero-order valence-corrected chi connectivity index (χ0v) is 12.8. The lowest BCUT2D eigenvalue weighted by Crippen LogP contribution is -2.21. The third-order valence-electron chi connectivity index (χ3n) is 3.87. The molecule has 1 aliphatic carbocycles. The predicted octanol–water partition coefficient (Wildman–Crippen LogP) is 3.79. The predicted molar refractivity (Wildman–Crippen MR) is 83.0 cm³/mol. The molecule has 0 bridgehead atoms. The second-order valence-electron chi connectivity index (χ2n) is 5.37. The Bertz CT molecular complexity index is 506. The summed E-state index contributed by atoms with van der Waals surface area (Å²) in [6.45, 7) is 1.36. The highest BCUT2D eigenvalue weighted by atomic mass is 32.2. The van der Waals surface area contributed by atoms with E-state index in [1.807, 2.05) is 30.3 Å². The van der Waals surface area contributed by atoms with Gasteiger partial charge in [0.25, 0.3) is 0 Å². The number of ether oxygens (including phenoxy) is 2. The van der Waals surface area contributed by atoms with Crippen LogP contribution in [0, 0.1) is 5.92 Å². The zero-order valence-electron chi connectivity index (χ0n) is 12.0. The van der Waals surface area contributed by atoms with E-state index in [1.54, 1.807) is 11.8 Å². The fourth-order valence-corrected chi connectivity index (χ4v) is 3.76. The van der Waals surface area contributed by atoms with E-state index in [4.69, 9.17) is 9.47 Å². The van der Waals surface area contributed by atoms with Crippen molar-refractivity contribution in [3.05, 3.63) is 41.3 Å². The van der Waals surface area contributed by atoms with E-state index in [0.717, 1.165) is 35.5 Å². The molecule has 3 rings (SSSR count). The number of thioether (sulfide) groups is 1. The van der Waals surface area contributed by atoms with E-state index in [0.29, 0.717) is 13.2 Å². The molecule has 0 amide bonds. The molecular weight excluding hydrogens is 284 g/mol. The van der Waals surface area contributed by atoms with Gasteiger partial charge in [-0.1, -0.05) is 36.0 Å². The van der Waals surface area contributed by atoms with Gasteiger partial charge in [0.1, 0.15) is 0 Å². The first-order valence-corrected chi connectivity index (χ1v) is 8.35. The van der Waals surface area contributed by atoms with E-state index < -0.39 is 0 Å². The van der Waals surface area contributed by atoms with Crippen LogP contribution >= 0.6 is 11.8 Å². The summed E-state index contributed by atoms with van der Waals surface area (Å²) in [6.07, 6.45) is 5.59. The molecule has 21 heavy (non-hydrogen) atoms. The summed E-state index contributed by atoms with van der Waals surface area (Å²) in [5.74, 6) is 0.405. The molecule has 1 unspecified atom stereocenters. The molecule has 1 atom stereocenters. The van der Waals surface area contributed by atoms with Crippen molar-refractivity contribution in [2.75, 3.05) is 13.2 Å². The molecule has 0 spiro atoms. The van der Waals surface area contributed by atoms with Gasteiger partial charge in [0.2, 0.25) is 0 Å². The molecule has 0 radical (unpaired) electrons. The minimum absolute atomic E-state index is 0.103. The van der Waals surface area contributed by atoms with E-state index >= 15 is 0 Å². The van der Waals surface area contributed by atoms with Gasteiger partial charge in [0.05, 0.1) is 18.1 Å². The molecular formula is C17H20O3S. The summed E-state index contributed by atoms with van der Waals surface area (Å²) >= 11 is 1.58. The van der Waals surface area contributed by atoms with Crippen molar-refractivity contribution >= 4 is 17.5 Å². The molecule has 1 aromatic rings. The van der Waals surface area contributed by atoms with Crippen LogP contribution in [0.2, 0.25) is 0 Å². The molecule has 1 fully saturated rings. The van der Waals surface area contributed by atoms with Gasteiger partial charge in [0.15, 0.2) is 12.1 Å². The minimum Gasteiger partial charge on any atom is -0.350 e. The molecule has 0 N–H and O–H groups in total. The Hall–Kier alpha value is -1.10. The van der Waals surface area contributed by atoms with Crippen LogP contribution in [-0.4, -0.2) is 25.3 Å². The van der Waals surface area contributed by atoms with Crippen molar-refractivity contribution in [1.82, 2.24) is 0 Å². The van der Waals surface area contributed by atoms with Gasteiger partial charge >= 0.3 is 0 Å². The summed E-state index contributed by atoms with van der Waals surface area (Å²) in [7, 11) is 0. The standard InChI is InChI=1S/C17H20O3S/c18-17-13(9-10-16-19-11-12-20-16)5-4-8-15(17)21-14-6-2-1-3-7-14/h1-3,6-8,13,16H,4-5,9-12H2. The molecule has 1 saturated heterocycles. The first kappa shape index (κ1) is 14.8. The van der Waals surface area contributed by atoms with Crippen molar-refractivity contribution in [1.29, 1.82) is 0 Å². The van der Waals surface area contributed by atoms with E-state index in [2.05, 4.69) is 6.08 Å². The SMILES string of the molecule is O=C1C(Sc2ccccc2)=CCCC1CCC1OCCO1. The topological polar surface area (TPSA) is 35.5 Å². The molecule has 112 valence electrons. The third-order valence-corrected chi connectivity index (χ3v) is 4.97. The summed E-state index contributed by atoms with van der Waals surface area (Å²) in [5.41, 5.74) is 0. The van der Waals surface area contributed by atoms with Crippen LogP contribution in [0.4, 0.5) is 0 Å². The summed E-state index contributed by atoms with van der Waals surface area (Å²) in [6, 6.07) is 10.1. The summed E-state index contributed by atoms with van der Waals surface area (Å²) in [5, 5.41) is 0. The quantitative estimate of drug-likeness (QED) is 0.829. The fraction of sp³-hybridized carbons (Fsp3) is 0.471. The normalized spacial score (nSPS) is 23.3. The Kier molecular flexibility index (Phi) is 5.12. The lowest BCUT2D eigenvalue weighted by atomic mass is 9.89. The van der Waals surface area contributed by atoms with Gasteiger partial charge < -0.3 is 9.47 Å². The number of carbonyl (C=O) groups excluding carboxylic acids is 1. The zero-order chi connectivity index (χ0) is 14.5. The van der Waals surface area contributed by atoms with Crippen molar-refractivity contribution in [2.24, 2.45) is 5.92 Å². The van der Waals surface area contributed by atoms with Gasteiger partial charge in [0, 0.05) is 10.8 Å². The fourth-order valence-electron chi connectivity index (χ4n) is 2.74. The third kappa shape index (κ3) is 3.96. The molecule has 1 aromatic carbocycles. The number of hydrogen-bond donors (Lipinski definition) is 0. The van der Waals surface area contributed by atoms with Gasteiger partial charge in [-0.3, -0.25) is 4.79 Å². The number of Topliss-reactive ketones (excluding diaryl/α,β-unsaturated/α-hetero) is 1. The molecule has 0 aromatic heterocycles. The van der Waals surface area contributed by atoms with Crippen molar-refractivity contribution in [3.63, 3.8) is 0 Å². The number of rotatable bonds is 5. The summed E-state index contributed by atoms with van der Waals surface area (Å²) < 4.78 is 10.9. The first-order valence-electron chi connectivity index (χ1n) is 7.53. The first-order chi connectivity index (χ1) is 10.3. The van der Waals surface area contributed by atoms with Crippen LogP contribution in [0.5, 0.6) is 0 Å². The van der Waals surface area contributed by atoms with Crippen LogP contribution in [0.15, 0.2) is 46.2 Å². The summed E-state index contributed by atoms with van der Waals surface area (Å²) in [4.78, 5) is 14.6. The minimum atomic E-state index is -0.103. The number of hydrogen-bond acceptors (Lipinski definition) is 4. The molecule has 1 heterocycles. The maximum absolute atomic E-state index is 12.6. The van der Waals surface area contributed by atoms with E-state index in [-0.39, 0.29) is 18.0 Å². The molecule has 1 aliphatic heterocycles. The Morgan fingerprint density at radius 3 is 2.62 bits per heavy atom. The molecule has 2 aliphatic rings. The van der Waals surface area contributed by atoms with Crippen molar-refractivity contribution < 1.29 is 14.3 Å². The van der Waals surface area contributed by atoms with Crippen molar-refractivity contribution in [3.8, 4) is 0 Å². The Balaban J connectivity index is 1.56. The van der Waals surface area contributed by atoms with Crippen molar-refractivity contribution in [2.45, 2.75) is 36.9 Å². The Morgan fingerprint density at radius 2 is 1.86 bits per heavy atom.